The van der Waals surface area contributed by atoms with Gasteiger partial charge in [0.2, 0.25) is 0 Å². The third kappa shape index (κ3) is 6.10. The number of halogens is 1. The Labute approximate surface area is 225 Å². The van der Waals surface area contributed by atoms with Gasteiger partial charge in [0.1, 0.15) is 0 Å². The average Bonchev–Trinajstić information content (AvgIpc) is 3.29. The lowest BCUT2D eigenvalue weighted by Crippen LogP contribution is -2.21. The summed E-state index contributed by atoms with van der Waals surface area (Å²) < 4.78 is 2.12. The number of amides is 1. The second kappa shape index (κ2) is 11.5. The molecule has 1 amide bonds. The maximum atomic E-state index is 12.6. The van der Waals surface area contributed by atoms with Crippen LogP contribution in [-0.4, -0.2) is 26.9 Å². The van der Waals surface area contributed by atoms with E-state index in [1.165, 1.54) is 11.8 Å². The van der Waals surface area contributed by atoms with E-state index < -0.39 is 0 Å². The molecule has 0 saturated heterocycles. The fourth-order valence-corrected chi connectivity index (χ4v) is 4.93. The van der Waals surface area contributed by atoms with Crippen molar-refractivity contribution in [2.45, 2.75) is 18.6 Å². The Morgan fingerprint density at radius 1 is 0.892 bits per heavy atom. The van der Waals surface area contributed by atoms with Gasteiger partial charge in [-0.3, -0.25) is 4.79 Å². The highest BCUT2D eigenvalue weighted by Crippen LogP contribution is 2.26. The van der Waals surface area contributed by atoms with Gasteiger partial charge in [0.05, 0.1) is 29.0 Å². The number of rotatable bonds is 8. The van der Waals surface area contributed by atoms with Crippen LogP contribution in [0.2, 0.25) is 5.02 Å². The lowest BCUT2D eigenvalue weighted by atomic mass is 10.0. The van der Waals surface area contributed by atoms with E-state index in [4.69, 9.17) is 16.6 Å². The van der Waals surface area contributed by atoms with Crippen LogP contribution in [0, 0.1) is 0 Å². The van der Waals surface area contributed by atoms with Crippen LogP contribution in [0.3, 0.4) is 0 Å². The number of aromatic nitrogens is 2. The molecular formula is C30H25ClN4OS. The number of thioether (sulfide) groups is 1. The Hall–Kier alpha value is -3.87. The van der Waals surface area contributed by atoms with E-state index in [-0.39, 0.29) is 11.7 Å². The summed E-state index contributed by atoms with van der Waals surface area (Å²) in [5, 5.41) is 5.80. The first-order chi connectivity index (χ1) is 18.1. The lowest BCUT2D eigenvalue weighted by Gasteiger charge is -2.09. The molecule has 0 fully saturated rings. The lowest BCUT2D eigenvalue weighted by molar-refractivity contribution is -0.118. The van der Waals surface area contributed by atoms with Gasteiger partial charge in [0.25, 0.3) is 5.91 Å². The molecule has 0 aliphatic heterocycles. The standard InChI is InChI=1S/C30H25ClN4OS/c1-21(23-13-15-25(16-14-23)24-7-3-2-4-8-24)33-34-29(36)20-37-30-32-27-9-5-6-10-28(27)35(30)19-22-11-17-26(31)18-12-22/h2-18H,19-20H2,1H3,(H,34,36)/b33-21-. The van der Waals surface area contributed by atoms with Crippen molar-refractivity contribution in [3.63, 3.8) is 0 Å². The van der Waals surface area contributed by atoms with Gasteiger partial charge in [-0.25, -0.2) is 10.4 Å². The summed E-state index contributed by atoms with van der Waals surface area (Å²) in [4.78, 5) is 17.4. The van der Waals surface area contributed by atoms with Gasteiger partial charge in [0.15, 0.2) is 5.16 Å². The number of hydrazone groups is 1. The minimum absolute atomic E-state index is 0.185. The van der Waals surface area contributed by atoms with Gasteiger partial charge in [0, 0.05) is 5.02 Å². The minimum atomic E-state index is -0.185. The molecule has 0 spiro atoms. The molecule has 0 unspecified atom stereocenters. The Morgan fingerprint density at radius 2 is 1.57 bits per heavy atom. The summed E-state index contributed by atoms with van der Waals surface area (Å²) in [6.07, 6.45) is 0. The molecule has 5 aromatic rings. The zero-order valence-electron chi connectivity index (χ0n) is 20.3. The molecule has 1 heterocycles. The zero-order chi connectivity index (χ0) is 25.6. The molecular weight excluding hydrogens is 500 g/mol. The number of benzene rings is 4. The van der Waals surface area contributed by atoms with Gasteiger partial charge in [-0.15, -0.1) is 0 Å². The summed E-state index contributed by atoms with van der Waals surface area (Å²) >= 11 is 7.44. The highest BCUT2D eigenvalue weighted by molar-refractivity contribution is 7.99. The first-order valence-corrected chi connectivity index (χ1v) is 13.2. The molecule has 0 aliphatic carbocycles. The molecule has 0 bridgehead atoms. The summed E-state index contributed by atoms with van der Waals surface area (Å²) in [5.74, 6) is 0.0172. The van der Waals surface area contributed by atoms with Crippen LogP contribution in [0.1, 0.15) is 18.1 Å². The second-order valence-electron chi connectivity index (χ2n) is 8.56. The molecule has 4 aromatic carbocycles. The van der Waals surface area contributed by atoms with Crippen LogP contribution in [0.5, 0.6) is 0 Å². The number of carbonyl (C=O) groups is 1. The number of fused-ring (bicyclic) bond motifs is 1. The average molecular weight is 525 g/mol. The van der Waals surface area contributed by atoms with Gasteiger partial charge in [-0.2, -0.15) is 5.10 Å². The van der Waals surface area contributed by atoms with Crippen molar-refractivity contribution in [2.75, 3.05) is 5.75 Å². The summed E-state index contributed by atoms with van der Waals surface area (Å²) in [5.41, 5.74) is 9.71. The molecule has 0 saturated carbocycles. The zero-order valence-corrected chi connectivity index (χ0v) is 21.8. The first kappa shape index (κ1) is 24.8. The molecule has 37 heavy (non-hydrogen) atoms. The Kier molecular flexibility index (Phi) is 7.68. The maximum absolute atomic E-state index is 12.6. The Balaban J connectivity index is 1.24. The van der Waals surface area contributed by atoms with Crippen LogP contribution in [-0.2, 0) is 11.3 Å². The predicted octanol–water partition coefficient (Wildman–Crippen LogP) is 7.04. The van der Waals surface area contributed by atoms with Gasteiger partial charge < -0.3 is 4.57 Å². The largest absolute Gasteiger partial charge is 0.314 e. The monoisotopic (exact) mass is 524 g/mol. The Morgan fingerprint density at radius 3 is 2.32 bits per heavy atom. The van der Waals surface area contributed by atoms with Crippen molar-refractivity contribution in [3.05, 3.63) is 119 Å². The smallest absolute Gasteiger partial charge is 0.250 e. The SMILES string of the molecule is C/C(=N/NC(=O)CSc1nc2ccccc2n1Cc1ccc(Cl)cc1)c1ccc(-c2ccccc2)cc1. The van der Waals surface area contributed by atoms with Gasteiger partial charge in [-0.1, -0.05) is 102 Å². The number of nitrogens with zero attached hydrogens (tertiary/aromatic N) is 3. The third-order valence-corrected chi connectivity index (χ3v) is 7.19. The molecule has 0 radical (unpaired) electrons. The van der Waals surface area contributed by atoms with Crippen LogP contribution >= 0.6 is 23.4 Å². The number of nitrogens with one attached hydrogen (secondary N) is 1. The molecule has 0 aliphatic rings. The topological polar surface area (TPSA) is 59.3 Å². The fourth-order valence-electron chi connectivity index (χ4n) is 4.00. The van der Waals surface area contributed by atoms with E-state index in [1.807, 2.05) is 85.8 Å². The number of hydrogen-bond donors (Lipinski definition) is 1. The molecule has 7 heteroatoms. The third-order valence-electron chi connectivity index (χ3n) is 5.96. The normalized spacial score (nSPS) is 11.6. The van der Waals surface area contributed by atoms with E-state index in [0.717, 1.165) is 44.2 Å². The van der Waals surface area contributed by atoms with Crippen LogP contribution in [0.15, 0.2) is 113 Å². The van der Waals surface area contributed by atoms with Crippen molar-refractivity contribution < 1.29 is 4.79 Å². The van der Waals surface area contributed by atoms with Crippen LogP contribution < -0.4 is 5.43 Å². The van der Waals surface area contributed by atoms with Crippen LogP contribution in [0.4, 0.5) is 0 Å². The van der Waals surface area contributed by atoms with Crippen molar-refractivity contribution in [1.29, 1.82) is 0 Å². The molecule has 0 atom stereocenters. The van der Waals surface area contributed by atoms with E-state index in [9.17, 15) is 4.79 Å². The number of imidazole rings is 1. The van der Waals surface area contributed by atoms with Crippen molar-refractivity contribution in [1.82, 2.24) is 15.0 Å². The minimum Gasteiger partial charge on any atom is -0.314 e. The van der Waals surface area contributed by atoms with Crippen molar-refractivity contribution in [2.24, 2.45) is 5.10 Å². The summed E-state index contributed by atoms with van der Waals surface area (Å²) in [6, 6.07) is 34.1. The quantitative estimate of drug-likeness (QED) is 0.134. The van der Waals surface area contributed by atoms with E-state index in [2.05, 4.69) is 39.4 Å². The highest BCUT2D eigenvalue weighted by Gasteiger charge is 2.13. The summed E-state index contributed by atoms with van der Waals surface area (Å²) in [6.45, 7) is 2.52. The highest BCUT2D eigenvalue weighted by atomic mass is 35.5. The van der Waals surface area contributed by atoms with Crippen molar-refractivity contribution >= 4 is 46.0 Å². The van der Waals surface area contributed by atoms with Crippen LogP contribution in [0.25, 0.3) is 22.2 Å². The number of hydrogen-bond acceptors (Lipinski definition) is 4. The second-order valence-corrected chi connectivity index (χ2v) is 9.94. The van der Waals surface area contributed by atoms with E-state index in [1.54, 1.807) is 0 Å². The van der Waals surface area contributed by atoms with Gasteiger partial charge in [-0.05, 0) is 53.4 Å². The number of para-hydroxylation sites is 2. The molecule has 1 N–H and O–H groups in total. The Bertz CT molecular complexity index is 1540. The maximum Gasteiger partial charge on any atom is 0.250 e. The number of carbonyl (C=O) groups excluding carboxylic acids is 1. The summed E-state index contributed by atoms with van der Waals surface area (Å²) in [7, 11) is 0. The molecule has 5 rings (SSSR count). The van der Waals surface area contributed by atoms with Gasteiger partial charge >= 0.3 is 0 Å². The molecule has 5 nitrogen and oxygen atoms in total. The van der Waals surface area contributed by atoms with E-state index in [0.29, 0.717) is 11.6 Å². The molecule has 184 valence electrons. The predicted molar refractivity (Wildman–Crippen MR) is 153 cm³/mol. The van der Waals surface area contributed by atoms with Crippen molar-refractivity contribution in [3.8, 4) is 11.1 Å². The molecule has 1 aromatic heterocycles. The van der Waals surface area contributed by atoms with E-state index >= 15 is 0 Å². The first-order valence-electron chi connectivity index (χ1n) is 11.9. The fraction of sp³-hybridized carbons (Fsp3) is 0.100.